The Hall–Kier alpha value is -3.33. The average Bonchev–Trinajstić information content (AvgIpc) is 2.73. The highest BCUT2D eigenvalue weighted by atomic mass is 32.2. The number of thioether (sulfide) groups is 1. The summed E-state index contributed by atoms with van der Waals surface area (Å²) < 4.78 is 2.42. The van der Waals surface area contributed by atoms with Crippen LogP contribution < -0.4 is 16.6 Å². The van der Waals surface area contributed by atoms with Crippen LogP contribution in [-0.4, -0.2) is 39.3 Å². The van der Waals surface area contributed by atoms with Gasteiger partial charge in [-0.05, 0) is 55.1 Å². The summed E-state index contributed by atoms with van der Waals surface area (Å²) >= 11 is 1.09. The van der Waals surface area contributed by atoms with Crippen molar-refractivity contribution in [3.05, 3.63) is 69.4 Å². The molecule has 0 saturated carbocycles. The van der Waals surface area contributed by atoms with Gasteiger partial charge in [-0.1, -0.05) is 12.1 Å². The van der Waals surface area contributed by atoms with Crippen LogP contribution >= 0.6 is 11.8 Å². The number of amides is 2. The molecule has 0 saturated heterocycles. The van der Waals surface area contributed by atoms with Crippen LogP contribution in [-0.2, 0) is 17.9 Å². The number of hydrogen-bond acceptors (Lipinski definition) is 5. The van der Waals surface area contributed by atoms with E-state index in [2.05, 4.69) is 5.32 Å². The highest BCUT2D eigenvalue weighted by Gasteiger charge is 2.14. The van der Waals surface area contributed by atoms with E-state index in [1.54, 1.807) is 69.6 Å². The summed E-state index contributed by atoms with van der Waals surface area (Å²) in [5, 5.41) is 3.04. The third kappa shape index (κ3) is 4.46. The molecular formula is C21H22N4O4S. The Bertz CT molecular complexity index is 1210. The maximum atomic E-state index is 12.7. The number of rotatable bonds is 5. The number of fused-ring (bicyclic) bond motifs is 1. The van der Waals surface area contributed by atoms with E-state index in [0.717, 1.165) is 21.2 Å². The van der Waals surface area contributed by atoms with Crippen LogP contribution in [0.25, 0.3) is 10.9 Å². The molecule has 8 nitrogen and oxygen atoms in total. The number of carbonyl (C=O) groups is 2. The molecule has 156 valence electrons. The highest BCUT2D eigenvalue weighted by Crippen LogP contribution is 2.22. The highest BCUT2D eigenvalue weighted by molar-refractivity contribution is 8.13. The Morgan fingerprint density at radius 3 is 2.30 bits per heavy atom. The van der Waals surface area contributed by atoms with E-state index in [9.17, 15) is 19.2 Å². The maximum absolute atomic E-state index is 12.7. The van der Waals surface area contributed by atoms with Gasteiger partial charge in [0, 0.05) is 31.2 Å². The number of nitrogens with zero attached hydrogens (tertiary/aromatic N) is 3. The standard InChI is InChI=1S/C21H22N4O4S/c1-4-24-19(27)16-7-5-6-8-17(16)25(20(24)28)13-18(26)22-14-9-11-15(12-10-14)30-21(29)23(2)3/h5-12H,4,13H2,1-3H3,(H,22,26). The third-order valence-corrected chi connectivity index (χ3v) is 5.51. The minimum absolute atomic E-state index is 0.0934. The number of carbonyl (C=O) groups excluding carboxylic acids is 2. The van der Waals surface area contributed by atoms with Gasteiger partial charge in [0.1, 0.15) is 6.54 Å². The first-order chi connectivity index (χ1) is 14.3. The average molecular weight is 426 g/mol. The van der Waals surface area contributed by atoms with Crippen molar-refractivity contribution < 1.29 is 9.59 Å². The van der Waals surface area contributed by atoms with Crippen molar-refractivity contribution in [1.82, 2.24) is 14.0 Å². The van der Waals surface area contributed by atoms with Crippen molar-refractivity contribution in [2.75, 3.05) is 19.4 Å². The summed E-state index contributed by atoms with van der Waals surface area (Å²) in [4.78, 5) is 51.8. The lowest BCUT2D eigenvalue weighted by Crippen LogP contribution is -2.41. The number of hydrogen-bond donors (Lipinski definition) is 1. The second kappa shape index (κ2) is 9.00. The van der Waals surface area contributed by atoms with Crippen LogP contribution in [0, 0.1) is 0 Å². The zero-order valence-corrected chi connectivity index (χ0v) is 17.7. The van der Waals surface area contributed by atoms with E-state index >= 15 is 0 Å². The van der Waals surface area contributed by atoms with Crippen LogP contribution in [0.3, 0.4) is 0 Å². The smallest absolute Gasteiger partial charge is 0.331 e. The summed E-state index contributed by atoms with van der Waals surface area (Å²) in [6.45, 7) is 1.70. The zero-order valence-electron chi connectivity index (χ0n) is 16.9. The molecule has 0 aliphatic heterocycles. The zero-order chi connectivity index (χ0) is 21.8. The van der Waals surface area contributed by atoms with Gasteiger partial charge in [-0.3, -0.25) is 23.5 Å². The molecule has 30 heavy (non-hydrogen) atoms. The molecule has 2 aromatic carbocycles. The number of benzene rings is 2. The van der Waals surface area contributed by atoms with Gasteiger partial charge in [-0.25, -0.2) is 4.79 Å². The summed E-state index contributed by atoms with van der Waals surface area (Å²) in [5.41, 5.74) is 0.0736. The predicted molar refractivity (Wildman–Crippen MR) is 118 cm³/mol. The molecule has 0 radical (unpaired) electrons. The fourth-order valence-corrected chi connectivity index (χ4v) is 3.60. The molecule has 0 unspecified atom stereocenters. The van der Waals surface area contributed by atoms with Crippen LogP contribution in [0.15, 0.2) is 63.0 Å². The van der Waals surface area contributed by atoms with Gasteiger partial charge in [0.15, 0.2) is 0 Å². The molecule has 0 fully saturated rings. The number of para-hydroxylation sites is 1. The second-order valence-corrected chi connectivity index (χ2v) is 7.79. The Balaban J connectivity index is 1.82. The van der Waals surface area contributed by atoms with E-state index in [0.29, 0.717) is 16.6 Å². The van der Waals surface area contributed by atoms with Crippen molar-refractivity contribution in [3.8, 4) is 0 Å². The van der Waals surface area contributed by atoms with Gasteiger partial charge in [-0.2, -0.15) is 0 Å². The van der Waals surface area contributed by atoms with Crippen LogP contribution in [0.1, 0.15) is 6.92 Å². The van der Waals surface area contributed by atoms with E-state index in [4.69, 9.17) is 0 Å². The lowest BCUT2D eigenvalue weighted by molar-refractivity contribution is -0.116. The summed E-state index contributed by atoms with van der Waals surface area (Å²) in [6.07, 6.45) is 0. The second-order valence-electron chi connectivity index (χ2n) is 6.77. The molecular weight excluding hydrogens is 404 g/mol. The Labute approximate surface area is 177 Å². The lowest BCUT2D eigenvalue weighted by Gasteiger charge is -2.13. The predicted octanol–water partition coefficient (Wildman–Crippen LogP) is 2.60. The fraction of sp³-hybridized carbons (Fsp3) is 0.238. The largest absolute Gasteiger partial charge is 0.339 e. The molecule has 0 bridgehead atoms. The molecule has 1 N–H and O–H groups in total. The van der Waals surface area contributed by atoms with Gasteiger partial charge in [-0.15, -0.1) is 0 Å². The molecule has 1 aromatic heterocycles. The van der Waals surface area contributed by atoms with E-state index in [1.807, 2.05) is 0 Å². The van der Waals surface area contributed by atoms with Crippen molar-refractivity contribution in [2.24, 2.45) is 0 Å². The van der Waals surface area contributed by atoms with Crippen molar-refractivity contribution >= 4 is 39.5 Å². The molecule has 0 aliphatic rings. The van der Waals surface area contributed by atoms with Gasteiger partial charge in [0.2, 0.25) is 5.91 Å². The van der Waals surface area contributed by atoms with Crippen molar-refractivity contribution in [2.45, 2.75) is 24.9 Å². The third-order valence-electron chi connectivity index (χ3n) is 4.46. The quantitative estimate of drug-likeness (QED) is 0.633. The molecule has 0 aliphatic carbocycles. The molecule has 3 rings (SSSR count). The van der Waals surface area contributed by atoms with Crippen LogP contribution in [0.2, 0.25) is 0 Å². The normalized spacial score (nSPS) is 10.8. The minimum atomic E-state index is -0.523. The van der Waals surface area contributed by atoms with Gasteiger partial charge >= 0.3 is 5.69 Å². The summed E-state index contributed by atoms with van der Waals surface area (Å²) in [6, 6.07) is 13.6. The molecule has 9 heteroatoms. The lowest BCUT2D eigenvalue weighted by atomic mass is 10.2. The number of nitrogens with one attached hydrogen (secondary N) is 1. The van der Waals surface area contributed by atoms with E-state index < -0.39 is 11.6 Å². The first-order valence-electron chi connectivity index (χ1n) is 9.33. The monoisotopic (exact) mass is 426 g/mol. The maximum Gasteiger partial charge on any atom is 0.331 e. The Morgan fingerprint density at radius 1 is 1.00 bits per heavy atom. The topological polar surface area (TPSA) is 93.4 Å². The van der Waals surface area contributed by atoms with Crippen LogP contribution in [0.5, 0.6) is 0 Å². The van der Waals surface area contributed by atoms with E-state index in [-0.39, 0.29) is 23.9 Å². The van der Waals surface area contributed by atoms with Crippen LogP contribution in [0.4, 0.5) is 10.5 Å². The van der Waals surface area contributed by atoms with Gasteiger partial charge < -0.3 is 10.2 Å². The summed E-state index contributed by atoms with van der Waals surface area (Å²) in [5.74, 6) is -0.395. The van der Waals surface area contributed by atoms with E-state index in [1.165, 1.54) is 9.47 Å². The van der Waals surface area contributed by atoms with Gasteiger partial charge in [0.25, 0.3) is 10.8 Å². The Kier molecular flexibility index (Phi) is 6.41. The SMILES string of the molecule is CCn1c(=O)c2ccccc2n(CC(=O)Nc2ccc(SC(=O)N(C)C)cc2)c1=O. The Morgan fingerprint density at radius 2 is 1.67 bits per heavy atom. The molecule has 1 heterocycles. The first-order valence-corrected chi connectivity index (χ1v) is 10.1. The van der Waals surface area contributed by atoms with Crippen molar-refractivity contribution in [3.63, 3.8) is 0 Å². The molecule has 2 amide bonds. The van der Waals surface area contributed by atoms with Crippen molar-refractivity contribution in [1.29, 1.82) is 0 Å². The first kappa shape index (κ1) is 21.4. The number of aromatic nitrogens is 2. The fourth-order valence-electron chi connectivity index (χ4n) is 2.95. The minimum Gasteiger partial charge on any atom is -0.339 e. The molecule has 0 atom stereocenters. The molecule has 3 aromatic rings. The molecule has 0 spiro atoms. The van der Waals surface area contributed by atoms with Gasteiger partial charge in [0.05, 0.1) is 10.9 Å². The number of anilines is 1. The summed E-state index contributed by atoms with van der Waals surface area (Å²) in [7, 11) is 3.36.